The number of aryl methyl sites for hydroxylation is 1. The van der Waals surface area contributed by atoms with Crippen LogP contribution in [0.25, 0.3) is 0 Å². The number of imide groups is 1. The molecule has 2 saturated heterocycles. The van der Waals surface area contributed by atoms with Crippen LogP contribution in [-0.4, -0.2) is 31.1 Å². The smallest absolute Gasteiger partial charge is 0.370 e. The van der Waals surface area contributed by atoms with Crippen molar-refractivity contribution in [2.45, 2.75) is 6.92 Å². The lowest BCUT2D eigenvalue weighted by Crippen LogP contribution is -2.31. The van der Waals surface area contributed by atoms with Crippen molar-refractivity contribution in [1.82, 2.24) is 5.32 Å². The molecule has 3 rings (SSSR count). The van der Waals surface area contributed by atoms with Gasteiger partial charge in [0.2, 0.25) is 11.8 Å². The molecule has 0 aliphatic carbocycles. The quantitative estimate of drug-likeness (QED) is 0.735. The number of hydrogen-bond acceptors (Lipinski definition) is 5. The maximum atomic E-state index is 11.5. The van der Waals surface area contributed by atoms with E-state index in [1.807, 2.05) is 31.2 Å². The summed E-state index contributed by atoms with van der Waals surface area (Å²) in [6, 6.07) is 8.17. The molecule has 0 bridgehead atoms. The Morgan fingerprint density at radius 1 is 1.05 bits per heavy atom. The molecule has 2 aliphatic rings. The number of anilines is 1. The van der Waals surface area contributed by atoms with Gasteiger partial charge < -0.3 is 4.90 Å². The molecule has 1 aromatic rings. The Labute approximate surface area is 115 Å². The van der Waals surface area contributed by atoms with E-state index in [0.717, 1.165) is 5.69 Å². The highest BCUT2D eigenvalue weighted by molar-refractivity contribution is 6.06. The van der Waals surface area contributed by atoms with Crippen LogP contribution >= 0.6 is 0 Å². The minimum absolute atomic E-state index is 0.116. The summed E-state index contributed by atoms with van der Waals surface area (Å²) >= 11 is 0. The molecule has 6 heteroatoms. The number of hydrogen-bond donors (Lipinski definition) is 1. The SMILES string of the molecule is Cc1ccc(N2C[C@@H]3C(=O)NC(=O)[C@@H]3C2)cc1.O=C=O. The molecule has 2 aliphatic heterocycles. The van der Waals surface area contributed by atoms with Crippen molar-refractivity contribution in [2.24, 2.45) is 11.8 Å². The summed E-state index contributed by atoms with van der Waals surface area (Å²) in [6.45, 7) is 3.33. The van der Waals surface area contributed by atoms with Gasteiger partial charge in [-0.15, -0.1) is 0 Å². The predicted octanol–water partition coefficient (Wildman–Crippen LogP) is 0.120. The zero-order valence-electron chi connectivity index (χ0n) is 11.0. The topological polar surface area (TPSA) is 83.6 Å². The zero-order chi connectivity index (χ0) is 14.7. The summed E-state index contributed by atoms with van der Waals surface area (Å²) in [5.41, 5.74) is 2.30. The van der Waals surface area contributed by atoms with Crippen LogP contribution in [-0.2, 0) is 19.2 Å². The van der Waals surface area contributed by atoms with Gasteiger partial charge in [-0.1, -0.05) is 17.7 Å². The largest absolute Gasteiger partial charge is 0.373 e. The van der Waals surface area contributed by atoms with Gasteiger partial charge in [-0.25, -0.2) is 0 Å². The van der Waals surface area contributed by atoms with E-state index in [0.29, 0.717) is 13.1 Å². The molecule has 6 nitrogen and oxygen atoms in total. The van der Waals surface area contributed by atoms with Crippen LogP contribution in [0, 0.1) is 18.8 Å². The van der Waals surface area contributed by atoms with E-state index in [1.54, 1.807) is 0 Å². The van der Waals surface area contributed by atoms with Crippen molar-refractivity contribution in [3.05, 3.63) is 29.8 Å². The first-order chi connectivity index (χ1) is 9.56. The first kappa shape index (κ1) is 14.0. The fourth-order valence-corrected chi connectivity index (χ4v) is 2.61. The number of nitrogens with zero attached hydrogens (tertiary/aromatic N) is 1. The van der Waals surface area contributed by atoms with Crippen LogP contribution in [0.15, 0.2) is 24.3 Å². The van der Waals surface area contributed by atoms with Crippen LogP contribution in [0.3, 0.4) is 0 Å². The van der Waals surface area contributed by atoms with Crippen molar-refractivity contribution in [3.8, 4) is 0 Å². The van der Waals surface area contributed by atoms with Gasteiger partial charge in [0, 0.05) is 18.8 Å². The Kier molecular flexibility index (Phi) is 3.96. The Hall–Kier alpha value is -2.46. The lowest BCUT2D eigenvalue weighted by Gasteiger charge is -2.19. The van der Waals surface area contributed by atoms with Gasteiger partial charge >= 0.3 is 6.15 Å². The van der Waals surface area contributed by atoms with Crippen LogP contribution in [0.5, 0.6) is 0 Å². The molecule has 2 amide bonds. The van der Waals surface area contributed by atoms with Gasteiger partial charge in [0.05, 0.1) is 11.8 Å². The highest BCUT2D eigenvalue weighted by atomic mass is 16.2. The van der Waals surface area contributed by atoms with Gasteiger partial charge in [-0.2, -0.15) is 9.59 Å². The van der Waals surface area contributed by atoms with E-state index in [9.17, 15) is 9.59 Å². The van der Waals surface area contributed by atoms with E-state index in [-0.39, 0.29) is 29.8 Å². The second-order valence-corrected chi connectivity index (χ2v) is 4.89. The number of amides is 2. The number of carbonyl (C=O) groups excluding carboxylic acids is 4. The average Bonchev–Trinajstić information content (AvgIpc) is 2.94. The van der Waals surface area contributed by atoms with Gasteiger partial charge in [0.1, 0.15) is 0 Å². The number of carbonyl (C=O) groups is 2. The van der Waals surface area contributed by atoms with Gasteiger partial charge in [0.25, 0.3) is 0 Å². The second kappa shape index (κ2) is 5.67. The summed E-state index contributed by atoms with van der Waals surface area (Å²) in [5.74, 6) is -0.558. The molecule has 0 radical (unpaired) electrons. The van der Waals surface area contributed by atoms with Crippen molar-refractivity contribution in [2.75, 3.05) is 18.0 Å². The zero-order valence-corrected chi connectivity index (χ0v) is 11.0. The average molecular weight is 274 g/mol. The van der Waals surface area contributed by atoms with E-state index in [2.05, 4.69) is 10.2 Å². The lowest BCUT2D eigenvalue weighted by molar-refractivity contribution is -0.191. The highest BCUT2D eigenvalue weighted by Gasteiger charge is 2.47. The molecule has 2 atom stereocenters. The molecule has 0 spiro atoms. The van der Waals surface area contributed by atoms with Gasteiger partial charge in [-0.3, -0.25) is 14.9 Å². The summed E-state index contributed by atoms with van der Waals surface area (Å²) in [5, 5.41) is 2.40. The molecule has 2 fully saturated rings. The van der Waals surface area contributed by atoms with Crippen LogP contribution in [0.2, 0.25) is 0 Å². The molecular formula is C14H14N2O4. The third-order valence-corrected chi connectivity index (χ3v) is 3.64. The highest BCUT2D eigenvalue weighted by Crippen LogP contribution is 2.31. The first-order valence-electron chi connectivity index (χ1n) is 6.22. The third-order valence-electron chi connectivity index (χ3n) is 3.64. The van der Waals surface area contributed by atoms with E-state index in [4.69, 9.17) is 9.59 Å². The minimum atomic E-state index is -0.163. The molecule has 0 unspecified atom stereocenters. The molecule has 20 heavy (non-hydrogen) atoms. The normalized spacial score (nSPS) is 23.6. The molecular weight excluding hydrogens is 260 g/mol. The molecule has 1 aromatic carbocycles. The standard InChI is InChI=1S/C13H14N2O2.CO2/c1-8-2-4-9(5-3-8)15-6-10-11(7-15)13(17)14-12(10)16;2-1-3/h2-5,10-11H,6-7H2,1H3,(H,14,16,17);/t10-,11+;. The van der Waals surface area contributed by atoms with Crippen molar-refractivity contribution in [1.29, 1.82) is 0 Å². The molecule has 104 valence electrons. The van der Waals surface area contributed by atoms with E-state index in [1.165, 1.54) is 5.56 Å². The summed E-state index contributed by atoms with van der Waals surface area (Å²) in [4.78, 5) is 41.4. The van der Waals surface area contributed by atoms with Crippen LogP contribution in [0.4, 0.5) is 5.69 Å². The Balaban J connectivity index is 0.000000452. The molecule has 2 heterocycles. The van der Waals surface area contributed by atoms with Gasteiger partial charge in [-0.05, 0) is 19.1 Å². The van der Waals surface area contributed by atoms with Gasteiger partial charge in [0.15, 0.2) is 0 Å². The van der Waals surface area contributed by atoms with Crippen molar-refractivity contribution >= 4 is 23.7 Å². The molecule has 0 saturated carbocycles. The number of benzene rings is 1. The van der Waals surface area contributed by atoms with Crippen LogP contribution < -0.4 is 10.2 Å². The van der Waals surface area contributed by atoms with Crippen molar-refractivity contribution < 1.29 is 19.2 Å². The molecule has 0 aromatic heterocycles. The number of fused-ring (bicyclic) bond motifs is 1. The second-order valence-electron chi connectivity index (χ2n) is 4.89. The van der Waals surface area contributed by atoms with Crippen molar-refractivity contribution in [3.63, 3.8) is 0 Å². The Morgan fingerprint density at radius 3 is 1.95 bits per heavy atom. The number of nitrogens with one attached hydrogen (secondary N) is 1. The van der Waals surface area contributed by atoms with E-state index < -0.39 is 0 Å². The molecule has 1 N–H and O–H groups in total. The summed E-state index contributed by atoms with van der Waals surface area (Å²) < 4.78 is 0. The van der Waals surface area contributed by atoms with Crippen LogP contribution in [0.1, 0.15) is 5.56 Å². The first-order valence-corrected chi connectivity index (χ1v) is 6.22. The van der Waals surface area contributed by atoms with E-state index >= 15 is 0 Å². The third kappa shape index (κ3) is 2.60. The summed E-state index contributed by atoms with van der Waals surface area (Å²) in [7, 11) is 0. The fourth-order valence-electron chi connectivity index (χ4n) is 2.61. The Morgan fingerprint density at radius 2 is 1.50 bits per heavy atom. The lowest BCUT2D eigenvalue weighted by atomic mass is 10.00. The number of rotatable bonds is 1. The maximum absolute atomic E-state index is 11.5. The monoisotopic (exact) mass is 274 g/mol. The maximum Gasteiger partial charge on any atom is 0.373 e. The summed E-state index contributed by atoms with van der Waals surface area (Å²) in [6.07, 6.45) is 0.250. The minimum Gasteiger partial charge on any atom is -0.370 e. The predicted molar refractivity (Wildman–Crippen MR) is 68.5 cm³/mol. The Bertz CT molecular complexity index is 539. The fraction of sp³-hybridized carbons (Fsp3) is 0.357.